The lowest BCUT2D eigenvalue weighted by Gasteiger charge is -2.21. The first-order valence-electron chi connectivity index (χ1n) is 19.2. The number of esters is 1. The number of methoxy groups -OCH3 is 2. The molecule has 20 nitrogen and oxygen atoms in total. The van der Waals surface area contributed by atoms with E-state index in [1.165, 1.54) is 31.3 Å². The molecule has 6 atom stereocenters. The summed E-state index contributed by atoms with van der Waals surface area (Å²) in [5.41, 5.74) is 0. The van der Waals surface area contributed by atoms with Gasteiger partial charge in [0, 0.05) is 58.7 Å². The van der Waals surface area contributed by atoms with E-state index in [1.54, 1.807) is 0 Å². The second-order valence-corrected chi connectivity index (χ2v) is 12.3. The Hall–Kier alpha value is -3.15. The van der Waals surface area contributed by atoms with Crippen molar-refractivity contribution in [3.05, 3.63) is 12.2 Å². The lowest BCUT2D eigenvalue weighted by molar-refractivity contribution is -0.194. The number of aliphatic hydroxyl groups is 5. The van der Waals surface area contributed by atoms with Gasteiger partial charge in [0.2, 0.25) is 5.91 Å². The van der Waals surface area contributed by atoms with Gasteiger partial charge in [-0.15, -0.1) is 0 Å². The summed E-state index contributed by atoms with van der Waals surface area (Å²) in [5, 5.41) is 55.7. The van der Waals surface area contributed by atoms with Gasteiger partial charge in [-0.2, -0.15) is 0 Å². The van der Waals surface area contributed by atoms with E-state index < -0.39 is 36.9 Å². The molecule has 1 aliphatic heterocycles. The summed E-state index contributed by atoms with van der Waals surface area (Å²) in [6.07, 6.45) is 3.88. The summed E-state index contributed by atoms with van der Waals surface area (Å²) in [5.74, 6) is -2.13. The van der Waals surface area contributed by atoms with Crippen LogP contribution in [0, 0.1) is 0 Å². The number of carboxylic acids is 1. The van der Waals surface area contributed by atoms with E-state index in [9.17, 15) is 29.1 Å². The molecule has 0 saturated heterocycles. The number of unbranched alkanes of at least 4 members (excludes halogenated alkanes) is 2. The molecule has 7 N–H and O–H groups in total. The van der Waals surface area contributed by atoms with E-state index in [4.69, 9.17) is 58.7 Å². The Bertz CT molecular complexity index is 1050. The number of rotatable bonds is 32. The summed E-state index contributed by atoms with van der Waals surface area (Å²) in [6.45, 7) is 5.51. The van der Waals surface area contributed by atoms with E-state index in [2.05, 4.69) is 5.32 Å². The van der Waals surface area contributed by atoms with Gasteiger partial charge in [0.1, 0.15) is 6.61 Å². The summed E-state index contributed by atoms with van der Waals surface area (Å²) in [7, 11) is 2.86. The Balaban J connectivity index is 0. The average molecular weight is 829 g/mol. The zero-order valence-electron chi connectivity index (χ0n) is 34.1. The van der Waals surface area contributed by atoms with Crippen LogP contribution in [0.1, 0.15) is 85.0 Å². The van der Waals surface area contributed by atoms with Crippen molar-refractivity contribution in [2.24, 2.45) is 0 Å². The molecule has 0 aliphatic carbocycles. The fraction of sp³-hybridized carbons (Fsp3) is 0.811. The normalized spacial score (nSPS) is 15.4. The molecule has 0 aromatic carbocycles. The SMILES string of the molecule is CCC(CO)OC(CO)OC.CCC(CO)OC(CO)OCCNC(=O)CCCCCN1C(=O)C=CC1=O.CCC(CO)OC(COC(=O)CCCC(=O)O)OC. The first-order valence-corrected chi connectivity index (χ1v) is 19.2. The van der Waals surface area contributed by atoms with Crippen LogP contribution in [0.25, 0.3) is 0 Å². The largest absolute Gasteiger partial charge is 0.481 e. The average Bonchev–Trinajstić information content (AvgIpc) is 3.54. The van der Waals surface area contributed by atoms with E-state index >= 15 is 0 Å². The van der Waals surface area contributed by atoms with E-state index in [0.29, 0.717) is 45.1 Å². The van der Waals surface area contributed by atoms with Gasteiger partial charge in [-0.05, 0) is 38.5 Å². The number of ether oxygens (including phenoxy) is 7. The molecule has 6 unspecified atom stereocenters. The van der Waals surface area contributed by atoms with Gasteiger partial charge in [-0.1, -0.05) is 27.2 Å². The van der Waals surface area contributed by atoms with Crippen LogP contribution in [0.2, 0.25) is 0 Å². The highest BCUT2D eigenvalue weighted by molar-refractivity contribution is 6.12. The lowest BCUT2D eigenvalue weighted by Crippen LogP contribution is -2.33. The number of imide groups is 1. The number of aliphatic hydroxyl groups excluding tert-OH is 5. The number of nitrogens with zero attached hydrogens (tertiary/aromatic N) is 1. The highest BCUT2D eigenvalue weighted by Gasteiger charge is 2.22. The van der Waals surface area contributed by atoms with Crippen LogP contribution < -0.4 is 5.32 Å². The van der Waals surface area contributed by atoms with Crippen LogP contribution in [-0.2, 0) is 57.1 Å². The molecule has 0 aromatic heterocycles. The number of hydrogen-bond donors (Lipinski definition) is 7. The third kappa shape index (κ3) is 29.7. The third-order valence-corrected chi connectivity index (χ3v) is 7.90. The lowest BCUT2D eigenvalue weighted by atomic mass is 10.2. The Morgan fingerprint density at radius 1 is 0.667 bits per heavy atom. The molecule has 0 radical (unpaired) electrons. The van der Waals surface area contributed by atoms with Crippen LogP contribution in [-0.4, -0.2) is 176 Å². The van der Waals surface area contributed by atoms with Crippen molar-refractivity contribution in [2.75, 3.05) is 73.6 Å². The number of carbonyl (C=O) groups excluding carboxylic acids is 4. The molecular weight excluding hydrogens is 760 g/mol. The maximum atomic E-state index is 11.7. The fourth-order valence-corrected chi connectivity index (χ4v) is 4.39. The smallest absolute Gasteiger partial charge is 0.305 e. The van der Waals surface area contributed by atoms with Gasteiger partial charge < -0.3 is 69.1 Å². The van der Waals surface area contributed by atoms with Crippen LogP contribution in [0.4, 0.5) is 0 Å². The molecule has 0 saturated carbocycles. The molecule has 57 heavy (non-hydrogen) atoms. The first-order chi connectivity index (χ1) is 27.3. The Morgan fingerprint density at radius 3 is 1.63 bits per heavy atom. The van der Waals surface area contributed by atoms with Gasteiger partial charge in [0.05, 0.1) is 58.0 Å². The maximum Gasteiger partial charge on any atom is 0.305 e. The number of nitrogens with one attached hydrogen (secondary N) is 1. The minimum absolute atomic E-state index is 0.0416. The van der Waals surface area contributed by atoms with Crippen LogP contribution >= 0.6 is 0 Å². The quantitative estimate of drug-likeness (QED) is 0.0203. The maximum absolute atomic E-state index is 11.7. The van der Waals surface area contributed by atoms with Crippen molar-refractivity contribution < 1.29 is 87.8 Å². The van der Waals surface area contributed by atoms with Gasteiger partial charge in [-0.3, -0.25) is 28.9 Å². The second-order valence-electron chi connectivity index (χ2n) is 12.3. The van der Waals surface area contributed by atoms with Crippen molar-refractivity contribution in [1.82, 2.24) is 10.2 Å². The first kappa shape index (κ1) is 55.9. The van der Waals surface area contributed by atoms with Gasteiger partial charge in [0.15, 0.2) is 18.9 Å². The van der Waals surface area contributed by atoms with E-state index in [0.717, 1.165) is 6.42 Å². The van der Waals surface area contributed by atoms with Crippen molar-refractivity contribution >= 4 is 29.7 Å². The Morgan fingerprint density at radius 2 is 1.18 bits per heavy atom. The van der Waals surface area contributed by atoms with Gasteiger partial charge in [-0.25, -0.2) is 0 Å². The fourth-order valence-electron chi connectivity index (χ4n) is 4.39. The molecule has 1 heterocycles. The van der Waals surface area contributed by atoms with E-state index in [1.807, 2.05) is 20.8 Å². The number of amides is 3. The minimum Gasteiger partial charge on any atom is -0.481 e. The van der Waals surface area contributed by atoms with Crippen molar-refractivity contribution in [2.45, 2.75) is 122 Å². The predicted molar refractivity (Wildman–Crippen MR) is 202 cm³/mol. The molecule has 0 bridgehead atoms. The van der Waals surface area contributed by atoms with Crippen LogP contribution in [0.15, 0.2) is 12.2 Å². The van der Waals surface area contributed by atoms with Gasteiger partial charge in [0.25, 0.3) is 11.8 Å². The summed E-state index contributed by atoms with van der Waals surface area (Å²) < 4.78 is 35.8. The Labute approximate surface area is 335 Å². The number of carbonyl (C=O) groups is 5. The third-order valence-electron chi connectivity index (χ3n) is 7.90. The second kappa shape index (κ2) is 37.1. The minimum atomic E-state index is -0.945. The molecular formula is C37H68N2O18. The van der Waals surface area contributed by atoms with Crippen LogP contribution in [0.3, 0.4) is 0 Å². The topological polar surface area (TPSA) is 287 Å². The summed E-state index contributed by atoms with van der Waals surface area (Å²) in [4.78, 5) is 57.2. The van der Waals surface area contributed by atoms with Gasteiger partial charge >= 0.3 is 11.9 Å². The molecule has 0 aromatic rings. The molecule has 1 aliphatic rings. The zero-order valence-corrected chi connectivity index (χ0v) is 34.1. The molecule has 3 amide bonds. The number of aliphatic carboxylic acids is 1. The summed E-state index contributed by atoms with van der Waals surface area (Å²) in [6, 6.07) is 0. The monoisotopic (exact) mass is 828 g/mol. The highest BCUT2D eigenvalue weighted by Crippen LogP contribution is 2.09. The Kier molecular flexibility index (Phi) is 36.5. The molecule has 0 fully saturated rings. The van der Waals surface area contributed by atoms with E-state index in [-0.39, 0.29) is 102 Å². The number of carboxylic acid groups (broad SMARTS) is 1. The molecule has 20 heteroatoms. The predicted octanol–water partition coefficient (Wildman–Crippen LogP) is -0.00630. The summed E-state index contributed by atoms with van der Waals surface area (Å²) >= 11 is 0. The standard InChI is InChI=1S/C18H30N2O7.C12H22O7.C7H16O4/c1-2-14(12-21)27-18(13-22)26-11-9-19-15(23)6-4-3-5-10-20-16(24)7-8-17(20)25;1-3-9(7-13)19-12(17-2)8-18-11(16)6-4-5-10(14)15;1-3-6(4-8)11-7(5-9)10-2/h7-8,14,18,21-22H,2-6,9-13H2,1H3,(H,19,23);9,12-13H,3-8H2,1-2H3,(H,14,15);6-9H,3-5H2,1-2H3. The number of hydrogen-bond acceptors (Lipinski definition) is 17. The molecule has 0 spiro atoms. The van der Waals surface area contributed by atoms with Crippen molar-refractivity contribution in [1.29, 1.82) is 0 Å². The molecule has 1 rings (SSSR count). The highest BCUT2D eigenvalue weighted by atomic mass is 16.7. The molecule has 334 valence electrons. The zero-order chi connectivity index (χ0) is 43.4. The van der Waals surface area contributed by atoms with Crippen LogP contribution in [0.5, 0.6) is 0 Å². The van der Waals surface area contributed by atoms with Crippen molar-refractivity contribution in [3.8, 4) is 0 Å². The van der Waals surface area contributed by atoms with Crippen molar-refractivity contribution in [3.63, 3.8) is 0 Å².